The molecule has 1 amide bonds. The van der Waals surface area contributed by atoms with Gasteiger partial charge in [0, 0.05) is 0 Å². The zero-order valence-corrected chi connectivity index (χ0v) is 10.1. The van der Waals surface area contributed by atoms with Crippen LogP contribution in [-0.4, -0.2) is 22.8 Å². The molecule has 88 valence electrons. The van der Waals surface area contributed by atoms with Gasteiger partial charge in [0.25, 0.3) is 5.91 Å². The Morgan fingerprint density at radius 2 is 2.06 bits per heavy atom. The smallest absolute Gasteiger partial charge is 0.299 e. The van der Waals surface area contributed by atoms with Crippen molar-refractivity contribution in [1.82, 2.24) is 5.32 Å². The molecule has 1 aliphatic rings. The van der Waals surface area contributed by atoms with Crippen LogP contribution >= 0.6 is 0 Å². The zero-order valence-electron chi connectivity index (χ0n) is 9.26. The number of amides is 1. The van der Waals surface area contributed by atoms with Gasteiger partial charge in [-0.1, -0.05) is 42.5 Å². The van der Waals surface area contributed by atoms with Gasteiger partial charge < -0.3 is 9.87 Å². The SMILES string of the molecule is O=C1NCC[S+]([O-])/C1=C\C=C\c1ccccc1. The van der Waals surface area contributed by atoms with Crippen molar-refractivity contribution in [3.63, 3.8) is 0 Å². The summed E-state index contributed by atoms with van der Waals surface area (Å²) in [5.74, 6) is 0.267. The van der Waals surface area contributed by atoms with Crippen LogP contribution in [0.2, 0.25) is 0 Å². The van der Waals surface area contributed by atoms with Gasteiger partial charge in [0.05, 0.1) is 6.54 Å². The standard InChI is InChI=1S/C13H13NO2S/c15-13-12(17(16)10-9-14-13)8-4-7-11-5-2-1-3-6-11/h1-8H,9-10H2,(H,14,15)/b7-4+,12-8-. The minimum atomic E-state index is -1.17. The van der Waals surface area contributed by atoms with Crippen molar-refractivity contribution in [2.45, 2.75) is 0 Å². The second kappa shape index (κ2) is 5.70. The second-order valence-corrected chi connectivity index (χ2v) is 5.15. The van der Waals surface area contributed by atoms with Crippen molar-refractivity contribution in [2.75, 3.05) is 12.3 Å². The maximum atomic E-state index is 11.6. The molecule has 0 aromatic heterocycles. The van der Waals surface area contributed by atoms with Crippen LogP contribution in [0.15, 0.2) is 47.4 Å². The highest BCUT2D eigenvalue weighted by molar-refractivity contribution is 7.96. The van der Waals surface area contributed by atoms with E-state index in [9.17, 15) is 9.35 Å². The van der Waals surface area contributed by atoms with Gasteiger partial charge in [0.15, 0.2) is 0 Å². The molecular formula is C13H13NO2S. The Bertz CT molecular complexity index is 454. The molecule has 0 spiro atoms. The highest BCUT2D eigenvalue weighted by Gasteiger charge is 2.26. The number of rotatable bonds is 2. The van der Waals surface area contributed by atoms with E-state index < -0.39 is 11.2 Å². The zero-order chi connectivity index (χ0) is 12.1. The van der Waals surface area contributed by atoms with Crippen LogP contribution in [0.3, 0.4) is 0 Å². The quantitative estimate of drug-likeness (QED) is 0.635. The number of benzene rings is 1. The van der Waals surface area contributed by atoms with E-state index in [2.05, 4.69) is 5.32 Å². The molecule has 0 radical (unpaired) electrons. The Balaban J connectivity index is 2.09. The van der Waals surface area contributed by atoms with Gasteiger partial charge in [-0.05, 0) is 22.8 Å². The van der Waals surface area contributed by atoms with Crippen LogP contribution in [0, 0.1) is 0 Å². The molecule has 1 unspecified atom stereocenters. The third kappa shape index (κ3) is 3.22. The van der Waals surface area contributed by atoms with E-state index in [1.54, 1.807) is 12.2 Å². The molecule has 1 fully saturated rings. The van der Waals surface area contributed by atoms with E-state index in [0.29, 0.717) is 17.2 Å². The first kappa shape index (κ1) is 12.0. The largest absolute Gasteiger partial charge is 0.611 e. The summed E-state index contributed by atoms with van der Waals surface area (Å²) >= 11 is -1.17. The normalized spacial score (nSPS) is 23.0. The molecule has 2 rings (SSSR count). The first-order valence-corrected chi connectivity index (χ1v) is 6.69. The minimum Gasteiger partial charge on any atom is -0.611 e. The topological polar surface area (TPSA) is 52.2 Å². The Kier molecular flexibility index (Phi) is 4.01. The average Bonchev–Trinajstić information content (AvgIpc) is 2.34. The van der Waals surface area contributed by atoms with E-state index in [-0.39, 0.29) is 5.91 Å². The number of carbonyl (C=O) groups is 1. The second-order valence-electron chi connectivity index (χ2n) is 3.61. The van der Waals surface area contributed by atoms with E-state index in [1.165, 1.54) is 0 Å². The number of allylic oxidation sites excluding steroid dienone is 2. The fourth-order valence-electron chi connectivity index (χ4n) is 1.52. The van der Waals surface area contributed by atoms with Crippen LogP contribution < -0.4 is 5.32 Å². The van der Waals surface area contributed by atoms with Crippen molar-refractivity contribution < 1.29 is 9.35 Å². The van der Waals surface area contributed by atoms with Crippen molar-refractivity contribution in [1.29, 1.82) is 0 Å². The van der Waals surface area contributed by atoms with Gasteiger partial charge in [-0.2, -0.15) is 0 Å². The Hall–Kier alpha value is -1.52. The van der Waals surface area contributed by atoms with E-state index in [1.807, 2.05) is 36.4 Å². The first-order valence-electron chi connectivity index (χ1n) is 5.37. The predicted octanol–water partition coefficient (Wildman–Crippen LogP) is 1.46. The van der Waals surface area contributed by atoms with Gasteiger partial charge in [0.1, 0.15) is 5.75 Å². The Labute approximate surface area is 103 Å². The molecule has 0 aliphatic carbocycles. The Morgan fingerprint density at radius 3 is 2.76 bits per heavy atom. The molecule has 1 aliphatic heterocycles. The summed E-state index contributed by atoms with van der Waals surface area (Å²) in [6.07, 6.45) is 5.26. The van der Waals surface area contributed by atoms with Crippen LogP contribution in [0.1, 0.15) is 5.56 Å². The maximum absolute atomic E-state index is 11.6. The van der Waals surface area contributed by atoms with E-state index in [4.69, 9.17) is 0 Å². The van der Waals surface area contributed by atoms with Crippen LogP contribution in [-0.2, 0) is 16.0 Å². The van der Waals surface area contributed by atoms with Crippen molar-refractivity contribution in [3.8, 4) is 0 Å². The molecular weight excluding hydrogens is 234 g/mol. The first-order chi connectivity index (χ1) is 8.27. The third-order valence-corrected chi connectivity index (χ3v) is 3.76. The molecule has 1 N–H and O–H groups in total. The van der Waals surface area contributed by atoms with Gasteiger partial charge in [-0.15, -0.1) is 0 Å². The maximum Gasteiger partial charge on any atom is 0.299 e. The summed E-state index contributed by atoms with van der Waals surface area (Å²) in [5, 5.41) is 2.68. The van der Waals surface area contributed by atoms with Crippen LogP contribution in [0.5, 0.6) is 0 Å². The van der Waals surface area contributed by atoms with Crippen LogP contribution in [0.4, 0.5) is 0 Å². The number of hydrogen-bond acceptors (Lipinski definition) is 2. The highest BCUT2D eigenvalue weighted by Crippen LogP contribution is 2.12. The molecule has 0 bridgehead atoms. The molecule has 1 aromatic rings. The monoisotopic (exact) mass is 247 g/mol. The summed E-state index contributed by atoms with van der Waals surface area (Å²) < 4.78 is 11.6. The lowest BCUT2D eigenvalue weighted by Crippen LogP contribution is -2.39. The summed E-state index contributed by atoms with van der Waals surface area (Å²) in [6.45, 7) is 0.491. The number of carbonyl (C=O) groups excluding carboxylic acids is 1. The molecule has 3 nitrogen and oxygen atoms in total. The Morgan fingerprint density at radius 1 is 1.29 bits per heavy atom. The van der Waals surface area contributed by atoms with Gasteiger partial charge in [-0.25, -0.2) is 0 Å². The lowest BCUT2D eigenvalue weighted by Gasteiger charge is -2.18. The van der Waals surface area contributed by atoms with E-state index >= 15 is 0 Å². The molecule has 1 heterocycles. The number of hydrogen-bond donors (Lipinski definition) is 1. The van der Waals surface area contributed by atoms with Gasteiger partial charge >= 0.3 is 0 Å². The summed E-state index contributed by atoms with van der Waals surface area (Å²) in [7, 11) is 0. The van der Waals surface area contributed by atoms with Gasteiger partial charge in [0.2, 0.25) is 4.91 Å². The lowest BCUT2D eigenvalue weighted by molar-refractivity contribution is -0.116. The third-order valence-electron chi connectivity index (χ3n) is 2.38. The van der Waals surface area contributed by atoms with Crippen molar-refractivity contribution in [3.05, 3.63) is 53.0 Å². The summed E-state index contributed by atoms with van der Waals surface area (Å²) in [4.78, 5) is 11.8. The summed E-state index contributed by atoms with van der Waals surface area (Å²) in [6, 6.07) is 9.76. The fraction of sp³-hybridized carbons (Fsp3) is 0.154. The molecule has 0 saturated carbocycles. The summed E-state index contributed by atoms with van der Waals surface area (Å²) in [5.41, 5.74) is 1.05. The lowest BCUT2D eigenvalue weighted by atomic mass is 10.2. The van der Waals surface area contributed by atoms with Crippen molar-refractivity contribution in [2.24, 2.45) is 0 Å². The fourth-order valence-corrected chi connectivity index (χ4v) is 2.54. The highest BCUT2D eigenvalue weighted by atomic mass is 32.2. The average molecular weight is 247 g/mol. The molecule has 4 heteroatoms. The van der Waals surface area contributed by atoms with Crippen molar-refractivity contribution >= 4 is 23.2 Å². The van der Waals surface area contributed by atoms with Crippen LogP contribution in [0.25, 0.3) is 6.08 Å². The number of nitrogens with one attached hydrogen (secondary N) is 1. The predicted molar refractivity (Wildman–Crippen MR) is 69.6 cm³/mol. The molecule has 1 saturated heterocycles. The van der Waals surface area contributed by atoms with E-state index in [0.717, 1.165) is 5.56 Å². The minimum absolute atomic E-state index is 0.229. The molecule has 1 aromatic carbocycles. The molecule has 17 heavy (non-hydrogen) atoms. The molecule has 1 atom stereocenters. The van der Waals surface area contributed by atoms with Gasteiger partial charge in [-0.3, -0.25) is 4.79 Å².